The molecule has 1 atom stereocenters. The van der Waals surface area contributed by atoms with E-state index in [1.165, 1.54) is 12.7 Å². The van der Waals surface area contributed by atoms with Crippen molar-refractivity contribution >= 4 is 34.2 Å². The maximum atomic E-state index is 13.0. The maximum absolute atomic E-state index is 13.0. The van der Waals surface area contributed by atoms with Crippen LogP contribution in [0.15, 0.2) is 29.0 Å². The van der Waals surface area contributed by atoms with Crippen molar-refractivity contribution in [3.05, 3.63) is 30.3 Å². The Bertz CT molecular complexity index is 1070. The molecule has 0 radical (unpaired) electrons. The lowest BCUT2D eigenvalue weighted by molar-refractivity contribution is 0.102. The molecule has 3 N–H and O–H groups in total. The number of carbonyl (C=O) groups excluding carboxylic acids is 1. The van der Waals surface area contributed by atoms with E-state index in [0.29, 0.717) is 12.6 Å². The number of nitrogens with zero attached hydrogens (tertiary/aromatic N) is 5. The van der Waals surface area contributed by atoms with Gasteiger partial charge in [-0.3, -0.25) is 9.48 Å². The largest absolute Gasteiger partial charge is 0.431 e. The summed E-state index contributed by atoms with van der Waals surface area (Å²) in [6.07, 6.45) is 7.73. The Morgan fingerprint density at radius 2 is 2.03 bits per heavy atom. The number of nitrogens with one attached hydrogen (secondary N) is 1. The van der Waals surface area contributed by atoms with Crippen LogP contribution in [0.4, 0.5) is 17.4 Å². The average molecular weight is 409 g/mol. The van der Waals surface area contributed by atoms with Gasteiger partial charge in [0.1, 0.15) is 6.26 Å². The van der Waals surface area contributed by atoms with E-state index in [9.17, 15) is 4.79 Å². The molecule has 9 nitrogen and oxygen atoms in total. The molecule has 2 fully saturated rings. The molecule has 0 saturated carbocycles. The summed E-state index contributed by atoms with van der Waals surface area (Å²) < 4.78 is 7.37. The Labute approximate surface area is 174 Å². The molecule has 3 aromatic rings. The Kier molecular flexibility index (Phi) is 4.82. The molecule has 1 unspecified atom stereocenters. The molecule has 5 rings (SSSR count). The highest BCUT2D eigenvalue weighted by Gasteiger charge is 2.25. The van der Waals surface area contributed by atoms with E-state index in [0.717, 1.165) is 61.2 Å². The molecular weight excluding hydrogens is 382 g/mol. The third-order valence-corrected chi connectivity index (χ3v) is 6.03. The quantitative estimate of drug-likeness (QED) is 0.681. The molecule has 9 heteroatoms. The first-order chi connectivity index (χ1) is 14.6. The van der Waals surface area contributed by atoms with Crippen LogP contribution in [0.3, 0.4) is 0 Å². The van der Waals surface area contributed by atoms with Crippen LogP contribution >= 0.6 is 0 Å². The van der Waals surface area contributed by atoms with Gasteiger partial charge in [-0.25, -0.2) is 0 Å². The second kappa shape index (κ2) is 7.64. The second-order valence-electron chi connectivity index (χ2n) is 8.21. The van der Waals surface area contributed by atoms with Crippen molar-refractivity contribution in [3.63, 3.8) is 0 Å². The minimum absolute atomic E-state index is 0.117. The van der Waals surface area contributed by atoms with Gasteiger partial charge in [-0.05, 0) is 37.8 Å². The number of rotatable bonds is 4. The first-order valence-electron chi connectivity index (χ1n) is 10.6. The number of anilines is 3. The van der Waals surface area contributed by atoms with Gasteiger partial charge < -0.3 is 25.3 Å². The van der Waals surface area contributed by atoms with Gasteiger partial charge in [0, 0.05) is 44.7 Å². The Hall–Kier alpha value is -3.07. The second-order valence-corrected chi connectivity index (χ2v) is 8.21. The molecule has 0 bridgehead atoms. The average Bonchev–Trinajstić information content (AvgIpc) is 3.49. The number of piperidine rings is 1. The highest BCUT2D eigenvalue weighted by Crippen LogP contribution is 2.33. The first kappa shape index (κ1) is 18.9. The summed E-state index contributed by atoms with van der Waals surface area (Å²) in [5.74, 6) is -0.284. The fourth-order valence-electron chi connectivity index (χ4n) is 4.35. The number of aryl methyl sites for hydroxylation is 1. The van der Waals surface area contributed by atoms with Crippen LogP contribution in [0.5, 0.6) is 0 Å². The summed E-state index contributed by atoms with van der Waals surface area (Å²) in [5, 5.41) is 8.48. The predicted octanol–water partition coefficient (Wildman–Crippen LogP) is 2.34. The lowest BCUT2D eigenvalue weighted by Gasteiger charge is -2.30. The van der Waals surface area contributed by atoms with E-state index < -0.39 is 0 Å². The summed E-state index contributed by atoms with van der Waals surface area (Å²) in [5.41, 5.74) is 8.99. The van der Waals surface area contributed by atoms with Crippen LogP contribution in [0, 0.1) is 0 Å². The van der Waals surface area contributed by atoms with Gasteiger partial charge in [0.15, 0.2) is 5.69 Å². The molecule has 4 heterocycles. The summed E-state index contributed by atoms with van der Waals surface area (Å²) in [7, 11) is 1.90. The van der Waals surface area contributed by atoms with Crippen LogP contribution in [-0.4, -0.2) is 52.9 Å². The number of carbonyl (C=O) groups is 1. The SMILES string of the molecule is Cn1ncc2cc(N3CCCCC3)c(NC(=O)c3coc(N4CCC(N)C4)n3)cc21. The van der Waals surface area contributed by atoms with Crippen LogP contribution in [0.25, 0.3) is 10.9 Å². The number of hydrogen-bond acceptors (Lipinski definition) is 7. The third-order valence-electron chi connectivity index (χ3n) is 6.03. The molecule has 0 aliphatic carbocycles. The molecule has 0 spiro atoms. The zero-order valence-corrected chi connectivity index (χ0v) is 17.2. The van der Waals surface area contributed by atoms with Crippen molar-refractivity contribution in [3.8, 4) is 0 Å². The van der Waals surface area contributed by atoms with Gasteiger partial charge in [0.05, 0.1) is 23.1 Å². The molecule has 2 aliphatic heterocycles. The topological polar surface area (TPSA) is 105 Å². The number of nitrogens with two attached hydrogens (primary N) is 1. The molecular formula is C21H27N7O2. The molecule has 158 valence electrons. The van der Waals surface area contributed by atoms with Crippen molar-refractivity contribution in [1.82, 2.24) is 14.8 Å². The maximum Gasteiger partial charge on any atom is 0.298 e. The van der Waals surface area contributed by atoms with Gasteiger partial charge in [-0.15, -0.1) is 0 Å². The number of hydrogen-bond donors (Lipinski definition) is 2. The zero-order valence-electron chi connectivity index (χ0n) is 17.2. The van der Waals surface area contributed by atoms with E-state index in [1.54, 1.807) is 0 Å². The number of aromatic nitrogens is 3. The van der Waals surface area contributed by atoms with Crippen LogP contribution < -0.4 is 20.9 Å². The van der Waals surface area contributed by atoms with Crippen molar-refractivity contribution in [2.24, 2.45) is 12.8 Å². The zero-order chi connectivity index (χ0) is 20.7. The minimum atomic E-state index is -0.284. The summed E-state index contributed by atoms with van der Waals surface area (Å²) in [6, 6.07) is 4.67. The van der Waals surface area contributed by atoms with Crippen LogP contribution in [0.2, 0.25) is 0 Å². The van der Waals surface area contributed by atoms with Crippen molar-refractivity contribution in [2.45, 2.75) is 31.7 Å². The van der Waals surface area contributed by atoms with E-state index in [1.807, 2.05) is 28.9 Å². The van der Waals surface area contributed by atoms with Crippen molar-refractivity contribution < 1.29 is 9.21 Å². The molecule has 1 amide bonds. The fraction of sp³-hybridized carbons (Fsp3) is 0.476. The highest BCUT2D eigenvalue weighted by molar-refractivity contribution is 6.06. The third kappa shape index (κ3) is 3.49. The summed E-state index contributed by atoms with van der Waals surface area (Å²) in [4.78, 5) is 21.7. The van der Waals surface area contributed by atoms with Gasteiger partial charge in [0.25, 0.3) is 11.9 Å². The van der Waals surface area contributed by atoms with Gasteiger partial charge in [-0.2, -0.15) is 10.1 Å². The van der Waals surface area contributed by atoms with Gasteiger partial charge in [-0.1, -0.05) is 0 Å². The minimum Gasteiger partial charge on any atom is -0.431 e. The van der Waals surface area contributed by atoms with E-state index in [4.69, 9.17) is 10.2 Å². The Morgan fingerprint density at radius 1 is 1.20 bits per heavy atom. The lowest BCUT2D eigenvalue weighted by atomic mass is 10.1. The molecule has 30 heavy (non-hydrogen) atoms. The number of oxazole rings is 1. The normalized spacial score (nSPS) is 19.6. The number of fused-ring (bicyclic) bond motifs is 1. The predicted molar refractivity (Wildman–Crippen MR) is 116 cm³/mol. The van der Waals surface area contributed by atoms with E-state index >= 15 is 0 Å². The summed E-state index contributed by atoms with van der Waals surface area (Å²) in [6.45, 7) is 3.45. The highest BCUT2D eigenvalue weighted by atomic mass is 16.4. The van der Waals surface area contributed by atoms with Crippen LogP contribution in [0.1, 0.15) is 36.2 Å². The van der Waals surface area contributed by atoms with E-state index in [-0.39, 0.29) is 17.6 Å². The molecule has 2 aliphatic rings. The molecule has 1 aromatic carbocycles. The monoisotopic (exact) mass is 409 g/mol. The van der Waals surface area contributed by atoms with Gasteiger partial charge in [0.2, 0.25) is 0 Å². The number of amides is 1. The van der Waals surface area contributed by atoms with Crippen molar-refractivity contribution in [2.75, 3.05) is 41.3 Å². The smallest absolute Gasteiger partial charge is 0.298 e. The van der Waals surface area contributed by atoms with E-state index in [2.05, 4.69) is 26.4 Å². The Morgan fingerprint density at radius 3 is 2.80 bits per heavy atom. The summed E-state index contributed by atoms with van der Waals surface area (Å²) >= 11 is 0. The number of benzene rings is 1. The van der Waals surface area contributed by atoms with Crippen molar-refractivity contribution in [1.29, 1.82) is 0 Å². The molecule has 2 aromatic heterocycles. The fourth-order valence-corrected chi connectivity index (χ4v) is 4.35. The van der Waals surface area contributed by atoms with Crippen LogP contribution in [-0.2, 0) is 7.05 Å². The lowest BCUT2D eigenvalue weighted by Crippen LogP contribution is -2.30. The Balaban J connectivity index is 1.43. The molecule has 2 saturated heterocycles. The first-order valence-corrected chi connectivity index (χ1v) is 10.6. The van der Waals surface area contributed by atoms with Gasteiger partial charge >= 0.3 is 0 Å². The standard InChI is InChI=1S/C21H27N7O2/c1-26-18-10-16(19(9-14(18)11-23-26)27-6-3-2-4-7-27)24-20(29)17-13-30-21(25-17)28-8-5-15(22)12-28/h9-11,13,15H,2-8,12,22H2,1H3,(H,24,29).